The fourth-order valence-corrected chi connectivity index (χ4v) is 4.88. The molecule has 6 nitrogen and oxygen atoms in total. The van der Waals surface area contributed by atoms with Crippen LogP contribution in [0.4, 0.5) is 5.00 Å². The minimum Gasteiger partial charge on any atom is -0.493 e. The summed E-state index contributed by atoms with van der Waals surface area (Å²) >= 11 is 1.47. The highest BCUT2D eigenvalue weighted by Crippen LogP contribution is 2.39. The van der Waals surface area contributed by atoms with E-state index in [0.717, 1.165) is 35.3 Å². The Hall–Kier alpha value is -2.54. The van der Waals surface area contributed by atoms with Crippen molar-refractivity contribution in [1.29, 1.82) is 0 Å². The molecule has 0 spiro atoms. The number of benzene rings is 1. The van der Waals surface area contributed by atoms with Crippen LogP contribution in [0, 0.1) is 5.92 Å². The largest absolute Gasteiger partial charge is 0.493 e. The Balaban J connectivity index is 1.79. The Labute approximate surface area is 162 Å². The molecule has 0 fully saturated rings. The summed E-state index contributed by atoms with van der Waals surface area (Å²) in [6.45, 7) is 2.20. The number of methoxy groups -OCH3 is 2. The monoisotopic (exact) mass is 388 g/mol. The zero-order valence-corrected chi connectivity index (χ0v) is 16.6. The molecule has 0 aliphatic heterocycles. The fraction of sp³-hybridized carbons (Fsp3) is 0.400. The Morgan fingerprint density at radius 3 is 2.67 bits per heavy atom. The van der Waals surface area contributed by atoms with Crippen LogP contribution in [0.3, 0.4) is 0 Å². The Kier molecular flexibility index (Phi) is 5.70. The van der Waals surface area contributed by atoms with Crippen molar-refractivity contribution in [2.24, 2.45) is 11.7 Å². The first-order valence-corrected chi connectivity index (χ1v) is 9.69. The maximum atomic E-state index is 12.6. The van der Waals surface area contributed by atoms with Crippen molar-refractivity contribution >= 4 is 28.2 Å². The lowest BCUT2D eigenvalue weighted by atomic mass is 9.88. The van der Waals surface area contributed by atoms with E-state index in [1.807, 2.05) is 6.07 Å². The zero-order chi connectivity index (χ0) is 19.6. The molecule has 3 N–H and O–H groups in total. The van der Waals surface area contributed by atoms with E-state index in [4.69, 9.17) is 15.2 Å². The number of primary amides is 1. The highest BCUT2D eigenvalue weighted by Gasteiger charge is 2.27. The molecule has 1 heterocycles. The molecule has 7 heteroatoms. The lowest BCUT2D eigenvalue weighted by Crippen LogP contribution is -2.20. The van der Waals surface area contributed by atoms with Crippen LogP contribution < -0.4 is 20.5 Å². The minimum absolute atomic E-state index is 0.164. The molecule has 0 radical (unpaired) electrons. The highest BCUT2D eigenvalue weighted by atomic mass is 32.1. The topological polar surface area (TPSA) is 90.6 Å². The molecule has 0 unspecified atom stereocenters. The molecule has 1 aliphatic carbocycles. The van der Waals surface area contributed by atoms with Gasteiger partial charge >= 0.3 is 0 Å². The van der Waals surface area contributed by atoms with Gasteiger partial charge in [-0.15, -0.1) is 11.3 Å². The van der Waals surface area contributed by atoms with Crippen LogP contribution >= 0.6 is 11.3 Å². The number of carbonyl (C=O) groups excluding carboxylic acids is 2. The SMILES string of the molecule is COc1ccc(CC(=O)Nc2sc3c(c2C(N)=O)CC[C@H](C)C3)cc1OC. The molecular weight excluding hydrogens is 364 g/mol. The highest BCUT2D eigenvalue weighted by molar-refractivity contribution is 7.17. The van der Waals surface area contributed by atoms with E-state index in [1.165, 1.54) is 11.3 Å². The maximum absolute atomic E-state index is 12.6. The standard InChI is InChI=1S/C20H24N2O4S/c1-11-4-6-13-16(8-11)27-20(18(13)19(21)24)22-17(23)10-12-5-7-14(25-2)15(9-12)26-3/h5,7,9,11H,4,6,8,10H2,1-3H3,(H2,21,24)(H,22,23)/t11-/m0/s1. The van der Waals surface area contributed by atoms with Gasteiger partial charge in [-0.1, -0.05) is 13.0 Å². The number of hydrogen-bond donors (Lipinski definition) is 2. The van der Waals surface area contributed by atoms with Crippen LogP contribution in [0.15, 0.2) is 18.2 Å². The van der Waals surface area contributed by atoms with Crippen LogP contribution in [0.2, 0.25) is 0 Å². The average molecular weight is 388 g/mol. The van der Waals surface area contributed by atoms with Gasteiger partial charge in [-0.05, 0) is 48.4 Å². The third kappa shape index (κ3) is 4.08. The lowest BCUT2D eigenvalue weighted by Gasteiger charge is -2.18. The summed E-state index contributed by atoms with van der Waals surface area (Å²) in [4.78, 5) is 25.7. The van der Waals surface area contributed by atoms with Crippen LogP contribution in [0.25, 0.3) is 0 Å². The molecule has 1 aromatic carbocycles. The molecule has 0 bridgehead atoms. The van der Waals surface area contributed by atoms with Crippen LogP contribution in [-0.2, 0) is 24.1 Å². The smallest absolute Gasteiger partial charge is 0.251 e. The summed E-state index contributed by atoms with van der Waals surface area (Å²) in [6, 6.07) is 5.35. The van der Waals surface area contributed by atoms with Gasteiger partial charge in [0.05, 0.1) is 26.2 Å². The Bertz CT molecular complexity index is 875. The van der Waals surface area contributed by atoms with Gasteiger partial charge < -0.3 is 20.5 Å². The number of nitrogens with two attached hydrogens (primary N) is 1. The van der Waals surface area contributed by atoms with E-state index in [1.54, 1.807) is 26.4 Å². The molecule has 2 aromatic rings. The van der Waals surface area contributed by atoms with Gasteiger partial charge in [-0.2, -0.15) is 0 Å². The van der Waals surface area contributed by atoms with E-state index in [2.05, 4.69) is 12.2 Å². The molecule has 1 aromatic heterocycles. The Morgan fingerprint density at radius 2 is 2.00 bits per heavy atom. The summed E-state index contributed by atoms with van der Waals surface area (Å²) < 4.78 is 10.5. The Morgan fingerprint density at radius 1 is 1.26 bits per heavy atom. The van der Waals surface area contributed by atoms with Gasteiger partial charge in [-0.3, -0.25) is 9.59 Å². The second-order valence-electron chi connectivity index (χ2n) is 6.83. The first kappa shape index (κ1) is 19.2. The summed E-state index contributed by atoms with van der Waals surface area (Å²) in [5.74, 6) is 1.07. The van der Waals surface area contributed by atoms with Crippen molar-refractivity contribution in [3.05, 3.63) is 39.8 Å². The summed E-state index contributed by atoms with van der Waals surface area (Å²) in [5, 5.41) is 3.45. The molecular formula is C20H24N2O4S. The van der Waals surface area contributed by atoms with Crippen molar-refractivity contribution in [1.82, 2.24) is 0 Å². The van der Waals surface area contributed by atoms with Gasteiger partial charge in [0.25, 0.3) is 5.91 Å². The van der Waals surface area contributed by atoms with Crippen molar-refractivity contribution in [2.75, 3.05) is 19.5 Å². The summed E-state index contributed by atoms with van der Waals surface area (Å²) in [7, 11) is 3.12. The molecule has 0 saturated carbocycles. The van der Waals surface area contributed by atoms with Crippen molar-refractivity contribution in [3.63, 3.8) is 0 Å². The summed E-state index contributed by atoms with van der Waals surface area (Å²) in [5.41, 5.74) is 7.88. The van der Waals surface area contributed by atoms with E-state index in [-0.39, 0.29) is 12.3 Å². The molecule has 144 valence electrons. The number of anilines is 1. The molecule has 2 amide bonds. The predicted octanol–water partition coefficient (Wildman–Crippen LogP) is 3.17. The van der Waals surface area contributed by atoms with E-state index >= 15 is 0 Å². The van der Waals surface area contributed by atoms with Crippen molar-refractivity contribution in [2.45, 2.75) is 32.6 Å². The third-order valence-electron chi connectivity index (χ3n) is 4.82. The number of hydrogen-bond acceptors (Lipinski definition) is 5. The van der Waals surface area contributed by atoms with Crippen molar-refractivity contribution in [3.8, 4) is 11.5 Å². The van der Waals surface area contributed by atoms with E-state index in [0.29, 0.717) is 28.0 Å². The molecule has 1 atom stereocenters. The van der Waals surface area contributed by atoms with Crippen LogP contribution in [0.1, 0.15) is 39.7 Å². The number of fused-ring (bicyclic) bond motifs is 1. The second-order valence-corrected chi connectivity index (χ2v) is 7.94. The molecule has 3 rings (SSSR count). The number of ether oxygens (including phenoxy) is 2. The first-order valence-electron chi connectivity index (χ1n) is 8.88. The van der Waals surface area contributed by atoms with Gasteiger partial charge in [-0.25, -0.2) is 0 Å². The number of amides is 2. The number of nitrogens with one attached hydrogen (secondary N) is 1. The normalized spacial score (nSPS) is 15.7. The number of rotatable bonds is 6. The minimum atomic E-state index is -0.483. The zero-order valence-electron chi connectivity index (χ0n) is 15.8. The summed E-state index contributed by atoms with van der Waals surface area (Å²) in [6.07, 6.45) is 2.95. The van der Waals surface area contributed by atoms with E-state index < -0.39 is 5.91 Å². The van der Waals surface area contributed by atoms with E-state index in [9.17, 15) is 9.59 Å². The number of carbonyl (C=O) groups is 2. The van der Waals surface area contributed by atoms with Crippen molar-refractivity contribution < 1.29 is 19.1 Å². The second kappa shape index (κ2) is 8.00. The fourth-order valence-electron chi connectivity index (χ4n) is 3.45. The molecule has 0 saturated heterocycles. The first-order chi connectivity index (χ1) is 12.9. The lowest BCUT2D eigenvalue weighted by molar-refractivity contribution is -0.115. The van der Waals surface area contributed by atoms with Gasteiger partial charge in [0, 0.05) is 4.88 Å². The maximum Gasteiger partial charge on any atom is 0.251 e. The molecule has 27 heavy (non-hydrogen) atoms. The van der Waals surface area contributed by atoms with Gasteiger partial charge in [0.15, 0.2) is 11.5 Å². The van der Waals surface area contributed by atoms with Crippen LogP contribution in [-0.4, -0.2) is 26.0 Å². The van der Waals surface area contributed by atoms with Gasteiger partial charge in [0.2, 0.25) is 5.91 Å². The van der Waals surface area contributed by atoms with Crippen LogP contribution in [0.5, 0.6) is 11.5 Å². The predicted molar refractivity (Wildman–Crippen MR) is 106 cm³/mol. The molecule has 1 aliphatic rings. The number of thiophene rings is 1. The third-order valence-corrected chi connectivity index (χ3v) is 5.99. The average Bonchev–Trinajstić information content (AvgIpc) is 2.98. The van der Waals surface area contributed by atoms with Gasteiger partial charge in [0.1, 0.15) is 5.00 Å². The quantitative estimate of drug-likeness (QED) is 0.795.